The molecular weight excluding hydrogens is 252 g/mol. The van der Waals surface area contributed by atoms with Crippen LogP contribution in [0.4, 0.5) is 5.69 Å². The van der Waals surface area contributed by atoms with Crippen molar-refractivity contribution >= 4 is 15.7 Å². The smallest absolute Gasteiger partial charge is 0.234 e. The number of nitrogens with two attached hydrogens (primary N) is 1. The summed E-state index contributed by atoms with van der Waals surface area (Å²) in [6, 6.07) is 7.36. The molecule has 3 N–H and O–H groups in total. The average Bonchev–Trinajstić information content (AvgIpc) is 2.34. The van der Waals surface area contributed by atoms with E-state index in [0.717, 1.165) is 18.4 Å². The molecule has 0 aliphatic carbocycles. The molecule has 1 rings (SSSR count). The van der Waals surface area contributed by atoms with Crippen molar-refractivity contribution in [3.05, 3.63) is 29.8 Å². The van der Waals surface area contributed by atoms with Crippen molar-refractivity contribution in [3.63, 3.8) is 0 Å². The molecule has 0 atom stereocenters. The molecule has 1 aromatic rings. The molecule has 0 unspecified atom stereocenters. The number of sulfonamides is 1. The molecule has 0 spiro atoms. The zero-order valence-electron chi connectivity index (χ0n) is 10.6. The van der Waals surface area contributed by atoms with Crippen molar-refractivity contribution in [2.75, 3.05) is 30.7 Å². The van der Waals surface area contributed by atoms with E-state index in [1.165, 1.54) is 7.11 Å². The number of hydrogen-bond acceptors (Lipinski definition) is 4. The van der Waals surface area contributed by atoms with E-state index in [1.807, 2.05) is 18.2 Å². The summed E-state index contributed by atoms with van der Waals surface area (Å²) in [6.07, 6.45) is 1.74. The van der Waals surface area contributed by atoms with Gasteiger partial charge in [0.15, 0.2) is 0 Å². The Morgan fingerprint density at radius 1 is 1.39 bits per heavy atom. The van der Waals surface area contributed by atoms with Crippen LogP contribution in [-0.4, -0.2) is 34.4 Å². The van der Waals surface area contributed by atoms with E-state index in [-0.39, 0.29) is 12.4 Å². The van der Waals surface area contributed by atoms with Crippen molar-refractivity contribution < 1.29 is 13.2 Å². The van der Waals surface area contributed by atoms with E-state index in [1.54, 1.807) is 6.07 Å². The lowest BCUT2D eigenvalue weighted by Gasteiger charge is -2.09. The highest BCUT2D eigenvalue weighted by Crippen LogP contribution is 2.13. The summed E-state index contributed by atoms with van der Waals surface area (Å²) in [4.78, 5) is 0. The van der Waals surface area contributed by atoms with E-state index in [9.17, 15) is 8.42 Å². The van der Waals surface area contributed by atoms with Crippen LogP contribution in [-0.2, 0) is 21.2 Å². The Morgan fingerprint density at radius 3 is 2.83 bits per heavy atom. The second-order valence-electron chi connectivity index (χ2n) is 4.01. The Balaban J connectivity index is 2.66. The third kappa shape index (κ3) is 5.48. The fourth-order valence-corrected chi connectivity index (χ4v) is 2.49. The number of benzene rings is 1. The zero-order chi connectivity index (χ0) is 13.4. The molecule has 0 saturated heterocycles. The van der Waals surface area contributed by atoms with Gasteiger partial charge in [-0.2, -0.15) is 0 Å². The van der Waals surface area contributed by atoms with Gasteiger partial charge in [-0.15, -0.1) is 0 Å². The number of rotatable bonds is 8. The number of anilines is 1. The van der Waals surface area contributed by atoms with Crippen LogP contribution in [0.15, 0.2) is 24.3 Å². The monoisotopic (exact) mass is 272 g/mol. The second-order valence-corrected chi connectivity index (χ2v) is 5.85. The second kappa shape index (κ2) is 7.35. The maximum absolute atomic E-state index is 11.7. The summed E-state index contributed by atoms with van der Waals surface area (Å²) in [5.74, 6) is -0.0451. The Hall–Kier alpha value is -1.11. The molecule has 0 fully saturated rings. The molecule has 1 aromatic carbocycles. The Morgan fingerprint density at radius 2 is 2.17 bits per heavy atom. The number of ether oxygens (including phenoxy) is 1. The van der Waals surface area contributed by atoms with Crippen LogP contribution >= 0.6 is 0 Å². The lowest BCUT2D eigenvalue weighted by Crippen LogP contribution is -2.19. The van der Waals surface area contributed by atoms with Crippen molar-refractivity contribution in [1.29, 1.82) is 0 Å². The van der Waals surface area contributed by atoms with Crippen LogP contribution in [0.2, 0.25) is 0 Å². The van der Waals surface area contributed by atoms with Gasteiger partial charge in [0.1, 0.15) is 0 Å². The van der Waals surface area contributed by atoms with E-state index in [2.05, 4.69) is 4.72 Å². The minimum atomic E-state index is -3.33. The summed E-state index contributed by atoms with van der Waals surface area (Å²) < 4.78 is 30.6. The standard InChI is InChI=1S/C12H20N2O3S/c1-17-8-9-18(15,16)14-12-6-2-4-11(10-12)5-3-7-13/h2,4,6,10,14H,3,5,7-9,13H2,1H3. The first-order valence-corrected chi connectivity index (χ1v) is 7.51. The third-order valence-corrected chi connectivity index (χ3v) is 3.68. The van der Waals surface area contributed by atoms with Gasteiger partial charge in [-0.25, -0.2) is 8.42 Å². The first kappa shape index (κ1) is 14.9. The number of hydrogen-bond donors (Lipinski definition) is 2. The third-order valence-electron chi connectivity index (χ3n) is 2.43. The van der Waals surface area contributed by atoms with Crippen LogP contribution in [0.5, 0.6) is 0 Å². The molecule has 102 valence electrons. The van der Waals surface area contributed by atoms with Crippen molar-refractivity contribution in [2.45, 2.75) is 12.8 Å². The van der Waals surface area contributed by atoms with Gasteiger partial charge in [0.2, 0.25) is 10.0 Å². The SMILES string of the molecule is COCCS(=O)(=O)Nc1cccc(CCCN)c1. The summed E-state index contributed by atoms with van der Waals surface area (Å²) in [7, 11) is -1.86. The number of aryl methyl sites for hydroxylation is 1. The quantitative estimate of drug-likeness (QED) is 0.738. The average molecular weight is 272 g/mol. The van der Waals surface area contributed by atoms with Gasteiger partial charge >= 0.3 is 0 Å². The van der Waals surface area contributed by atoms with Crippen molar-refractivity contribution in [1.82, 2.24) is 0 Å². The van der Waals surface area contributed by atoms with Gasteiger partial charge in [-0.05, 0) is 37.1 Å². The number of nitrogens with one attached hydrogen (secondary N) is 1. The summed E-state index contributed by atoms with van der Waals surface area (Å²) in [6.45, 7) is 0.811. The van der Waals surface area contributed by atoms with Crippen LogP contribution < -0.4 is 10.5 Å². The Bertz CT molecular complexity index is 460. The summed E-state index contributed by atoms with van der Waals surface area (Å²) >= 11 is 0. The molecule has 6 heteroatoms. The van der Waals surface area contributed by atoms with Crippen LogP contribution in [0, 0.1) is 0 Å². The first-order chi connectivity index (χ1) is 8.57. The molecule has 0 aliphatic heterocycles. The fourth-order valence-electron chi connectivity index (χ4n) is 1.52. The van der Waals surface area contributed by atoms with Gasteiger partial charge in [-0.1, -0.05) is 12.1 Å². The molecule has 0 aliphatic rings. The van der Waals surface area contributed by atoms with Gasteiger partial charge in [0.05, 0.1) is 12.4 Å². The highest BCUT2D eigenvalue weighted by Gasteiger charge is 2.09. The van der Waals surface area contributed by atoms with E-state index < -0.39 is 10.0 Å². The molecule has 0 radical (unpaired) electrons. The number of methoxy groups -OCH3 is 1. The topological polar surface area (TPSA) is 81.4 Å². The van der Waals surface area contributed by atoms with Crippen LogP contribution in [0.1, 0.15) is 12.0 Å². The Kier molecular flexibility index (Phi) is 6.11. The Labute approximate surface area is 108 Å². The molecule has 0 aromatic heterocycles. The highest BCUT2D eigenvalue weighted by atomic mass is 32.2. The largest absolute Gasteiger partial charge is 0.384 e. The molecular formula is C12H20N2O3S. The lowest BCUT2D eigenvalue weighted by atomic mass is 10.1. The normalized spacial score (nSPS) is 11.4. The van der Waals surface area contributed by atoms with E-state index in [0.29, 0.717) is 12.2 Å². The molecule has 0 amide bonds. The van der Waals surface area contributed by atoms with Crippen LogP contribution in [0.3, 0.4) is 0 Å². The zero-order valence-corrected chi connectivity index (χ0v) is 11.4. The molecule has 0 heterocycles. The van der Waals surface area contributed by atoms with Crippen molar-refractivity contribution in [3.8, 4) is 0 Å². The highest BCUT2D eigenvalue weighted by molar-refractivity contribution is 7.92. The lowest BCUT2D eigenvalue weighted by molar-refractivity contribution is 0.217. The predicted molar refractivity (Wildman–Crippen MR) is 73.1 cm³/mol. The van der Waals surface area contributed by atoms with Crippen LogP contribution in [0.25, 0.3) is 0 Å². The molecule has 0 bridgehead atoms. The van der Waals surface area contributed by atoms with Gasteiger partial charge < -0.3 is 10.5 Å². The first-order valence-electron chi connectivity index (χ1n) is 5.86. The van der Waals surface area contributed by atoms with Crippen molar-refractivity contribution in [2.24, 2.45) is 5.73 Å². The molecule has 0 saturated carbocycles. The molecule has 5 nitrogen and oxygen atoms in total. The van der Waals surface area contributed by atoms with E-state index in [4.69, 9.17) is 10.5 Å². The maximum Gasteiger partial charge on any atom is 0.234 e. The van der Waals surface area contributed by atoms with E-state index >= 15 is 0 Å². The maximum atomic E-state index is 11.7. The minimum absolute atomic E-state index is 0.0451. The summed E-state index contributed by atoms with van der Waals surface area (Å²) in [5, 5.41) is 0. The molecule has 18 heavy (non-hydrogen) atoms. The predicted octanol–water partition coefficient (Wildman–Crippen LogP) is 0.966. The fraction of sp³-hybridized carbons (Fsp3) is 0.500. The van der Waals surface area contributed by atoms with Gasteiger partial charge in [-0.3, -0.25) is 4.72 Å². The van der Waals surface area contributed by atoms with Gasteiger partial charge in [0.25, 0.3) is 0 Å². The summed E-state index contributed by atoms with van der Waals surface area (Å²) in [5.41, 5.74) is 7.11. The minimum Gasteiger partial charge on any atom is -0.384 e. The van der Waals surface area contributed by atoms with Gasteiger partial charge in [0, 0.05) is 12.8 Å².